The van der Waals surface area contributed by atoms with Crippen LogP contribution in [0.4, 0.5) is 4.39 Å². The Morgan fingerprint density at radius 1 is 1.33 bits per heavy atom. The Morgan fingerprint density at radius 2 is 2.10 bits per heavy atom. The molecule has 2 aliphatic rings. The maximum atomic E-state index is 13.1. The molecule has 1 fully saturated rings. The largest absolute Gasteiger partial charge is 0.392 e. The van der Waals surface area contributed by atoms with Gasteiger partial charge >= 0.3 is 0 Å². The van der Waals surface area contributed by atoms with Crippen molar-refractivity contribution in [2.45, 2.75) is 32.3 Å². The summed E-state index contributed by atoms with van der Waals surface area (Å²) in [4.78, 5) is 0. The minimum Gasteiger partial charge on any atom is -0.392 e. The molecule has 108 valence electrons. The molecule has 1 N–H and O–H groups in total. The van der Waals surface area contributed by atoms with Gasteiger partial charge in [-0.3, -0.25) is 0 Å². The van der Waals surface area contributed by atoms with Crippen molar-refractivity contribution in [1.29, 1.82) is 0 Å². The van der Waals surface area contributed by atoms with Crippen LogP contribution in [0.25, 0.3) is 11.8 Å². The van der Waals surface area contributed by atoms with E-state index in [1.165, 1.54) is 17.7 Å². The minimum atomic E-state index is -0.272. The standard InChI is InChI=1S/C17H17FN2O/c1-17-9-11-10-19-20(14-5-3-13(18)4-6-14)15(11)8-12(17)2-7-16(17)21/h3-6,8,10,16,21H,2,7,9H2,1H3/t16-,17-/m0/s1. The third-order valence-electron chi connectivity index (χ3n) is 4.98. The van der Waals surface area contributed by atoms with Crippen molar-refractivity contribution in [3.63, 3.8) is 0 Å². The van der Waals surface area contributed by atoms with E-state index in [0.29, 0.717) is 0 Å². The van der Waals surface area contributed by atoms with Gasteiger partial charge in [0.2, 0.25) is 0 Å². The first-order chi connectivity index (χ1) is 10.1. The smallest absolute Gasteiger partial charge is 0.123 e. The highest BCUT2D eigenvalue weighted by Gasteiger charge is 2.44. The lowest BCUT2D eigenvalue weighted by atomic mass is 9.74. The Bertz CT molecular complexity index is 732. The lowest BCUT2D eigenvalue weighted by molar-refractivity contribution is 0.0836. The predicted molar refractivity (Wildman–Crippen MR) is 78.6 cm³/mol. The molecule has 0 radical (unpaired) electrons. The molecule has 0 saturated heterocycles. The van der Waals surface area contributed by atoms with E-state index in [1.54, 1.807) is 12.1 Å². The second-order valence-electron chi connectivity index (χ2n) is 6.26. The number of aliphatic hydroxyl groups excluding tert-OH is 1. The molecule has 0 bridgehead atoms. The molecule has 1 aromatic carbocycles. The van der Waals surface area contributed by atoms with Crippen LogP contribution in [0.3, 0.4) is 0 Å². The van der Waals surface area contributed by atoms with Gasteiger partial charge in [0.05, 0.1) is 23.7 Å². The van der Waals surface area contributed by atoms with Crippen molar-refractivity contribution < 1.29 is 9.50 Å². The molecule has 2 aliphatic carbocycles. The Hall–Kier alpha value is -1.94. The van der Waals surface area contributed by atoms with Gasteiger partial charge < -0.3 is 5.11 Å². The van der Waals surface area contributed by atoms with E-state index in [0.717, 1.165) is 36.2 Å². The van der Waals surface area contributed by atoms with Crippen molar-refractivity contribution in [3.05, 3.63) is 53.1 Å². The summed E-state index contributed by atoms with van der Waals surface area (Å²) in [5, 5.41) is 14.7. The summed E-state index contributed by atoms with van der Waals surface area (Å²) >= 11 is 0. The van der Waals surface area contributed by atoms with Crippen LogP contribution < -0.4 is 0 Å². The van der Waals surface area contributed by atoms with Crippen LogP contribution in [0.5, 0.6) is 0 Å². The third kappa shape index (κ3) is 1.79. The van der Waals surface area contributed by atoms with Gasteiger partial charge in [0.25, 0.3) is 0 Å². The Balaban J connectivity index is 1.82. The quantitative estimate of drug-likeness (QED) is 0.873. The van der Waals surface area contributed by atoms with Crippen molar-refractivity contribution in [2.75, 3.05) is 0 Å². The van der Waals surface area contributed by atoms with Crippen molar-refractivity contribution in [2.24, 2.45) is 5.41 Å². The second kappa shape index (κ2) is 4.28. The fourth-order valence-electron chi connectivity index (χ4n) is 3.61. The highest BCUT2D eigenvalue weighted by Crippen LogP contribution is 2.49. The van der Waals surface area contributed by atoms with Gasteiger partial charge in [-0.15, -0.1) is 0 Å². The number of halogens is 1. The van der Waals surface area contributed by atoms with Crippen molar-refractivity contribution in [3.8, 4) is 5.69 Å². The topological polar surface area (TPSA) is 38.0 Å². The number of aromatic nitrogens is 2. The van der Waals surface area contributed by atoms with E-state index in [4.69, 9.17) is 0 Å². The summed E-state index contributed by atoms with van der Waals surface area (Å²) in [7, 11) is 0. The van der Waals surface area contributed by atoms with Crippen LogP contribution in [0.2, 0.25) is 0 Å². The van der Waals surface area contributed by atoms with Gasteiger partial charge in [-0.2, -0.15) is 5.10 Å². The molecule has 0 unspecified atom stereocenters. The third-order valence-corrected chi connectivity index (χ3v) is 4.98. The monoisotopic (exact) mass is 284 g/mol. The van der Waals surface area contributed by atoms with Gasteiger partial charge in [0.1, 0.15) is 5.82 Å². The molecule has 3 nitrogen and oxygen atoms in total. The van der Waals surface area contributed by atoms with Gasteiger partial charge in [-0.05, 0) is 55.2 Å². The molecule has 1 aromatic heterocycles. The van der Waals surface area contributed by atoms with E-state index in [-0.39, 0.29) is 17.3 Å². The summed E-state index contributed by atoms with van der Waals surface area (Å²) in [6.45, 7) is 2.13. The van der Waals surface area contributed by atoms with Crippen LogP contribution in [-0.4, -0.2) is 21.0 Å². The fraction of sp³-hybridized carbons (Fsp3) is 0.353. The molecule has 4 heteroatoms. The molecule has 0 aliphatic heterocycles. The summed E-state index contributed by atoms with van der Waals surface area (Å²) < 4.78 is 14.9. The molecule has 0 spiro atoms. The minimum absolute atomic E-state index is 0.149. The number of hydrogen-bond acceptors (Lipinski definition) is 2. The Kier molecular flexibility index (Phi) is 2.60. The van der Waals surface area contributed by atoms with Gasteiger partial charge in [0.15, 0.2) is 0 Å². The lowest BCUT2D eigenvalue weighted by Crippen LogP contribution is -2.32. The van der Waals surface area contributed by atoms with Gasteiger partial charge in [0, 0.05) is 5.41 Å². The average Bonchev–Trinajstić information content (AvgIpc) is 2.99. The molecular weight excluding hydrogens is 267 g/mol. The summed E-state index contributed by atoms with van der Waals surface area (Å²) in [5.41, 5.74) is 4.21. The SMILES string of the molecule is C[C@]12Cc3cnn(-c4ccc(F)cc4)c3C=C1CC[C@@H]2O. The molecule has 4 rings (SSSR count). The van der Waals surface area contributed by atoms with E-state index in [1.807, 2.05) is 10.9 Å². The molecular formula is C17H17FN2O. The summed E-state index contributed by atoms with van der Waals surface area (Å²) in [6.07, 6.45) is 6.33. The van der Waals surface area contributed by atoms with Crippen molar-refractivity contribution in [1.82, 2.24) is 9.78 Å². The van der Waals surface area contributed by atoms with Crippen LogP contribution in [-0.2, 0) is 6.42 Å². The number of hydrogen-bond donors (Lipinski definition) is 1. The lowest BCUT2D eigenvalue weighted by Gasteiger charge is -2.33. The first-order valence-corrected chi connectivity index (χ1v) is 7.30. The van der Waals surface area contributed by atoms with E-state index < -0.39 is 0 Å². The fourth-order valence-corrected chi connectivity index (χ4v) is 3.61. The maximum absolute atomic E-state index is 13.1. The summed E-state index contributed by atoms with van der Waals surface area (Å²) in [5.74, 6) is -0.246. The normalized spacial score (nSPS) is 27.2. The molecule has 2 aromatic rings. The molecule has 2 atom stereocenters. The van der Waals surface area contributed by atoms with Crippen molar-refractivity contribution >= 4 is 6.08 Å². The molecule has 21 heavy (non-hydrogen) atoms. The zero-order valence-electron chi connectivity index (χ0n) is 11.9. The predicted octanol–water partition coefficient (Wildman–Crippen LogP) is 3.11. The van der Waals surface area contributed by atoms with E-state index in [9.17, 15) is 9.50 Å². The number of aliphatic hydroxyl groups is 1. The zero-order chi connectivity index (χ0) is 14.6. The zero-order valence-corrected chi connectivity index (χ0v) is 11.9. The summed E-state index contributed by atoms with van der Waals surface area (Å²) in [6, 6.07) is 6.36. The molecule has 1 saturated carbocycles. The first kappa shape index (κ1) is 12.8. The highest BCUT2D eigenvalue weighted by molar-refractivity contribution is 5.62. The average molecular weight is 284 g/mol. The molecule has 1 heterocycles. The van der Waals surface area contributed by atoms with Gasteiger partial charge in [-0.25, -0.2) is 9.07 Å². The Labute approximate surface area is 122 Å². The highest BCUT2D eigenvalue weighted by atomic mass is 19.1. The van der Waals surface area contributed by atoms with Crippen LogP contribution in [0.1, 0.15) is 31.0 Å². The van der Waals surface area contributed by atoms with Gasteiger partial charge in [-0.1, -0.05) is 12.5 Å². The van der Waals surface area contributed by atoms with Crippen LogP contribution >= 0.6 is 0 Å². The second-order valence-corrected chi connectivity index (χ2v) is 6.26. The van der Waals surface area contributed by atoms with Crippen LogP contribution in [0.15, 0.2) is 36.0 Å². The first-order valence-electron chi connectivity index (χ1n) is 7.30. The number of fused-ring (bicyclic) bond motifs is 2. The number of nitrogens with zero attached hydrogens (tertiary/aromatic N) is 2. The number of benzene rings is 1. The molecule has 0 amide bonds. The van der Waals surface area contributed by atoms with Crippen LogP contribution in [0, 0.1) is 11.2 Å². The Morgan fingerprint density at radius 3 is 2.86 bits per heavy atom. The van der Waals surface area contributed by atoms with E-state index in [2.05, 4.69) is 18.1 Å². The maximum Gasteiger partial charge on any atom is 0.123 e. The van der Waals surface area contributed by atoms with E-state index >= 15 is 0 Å². The number of rotatable bonds is 1.